The topological polar surface area (TPSA) is 84.0 Å². The maximum atomic E-state index is 11.6. The molecule has 0 aliphatic rings. The summed E-state index contributed by atoms with van der Waals surface area (Å²) in [5, 5.41) is 3.14. The Hall–Kier alpha value is -1.21. The second-order valence-electron chi connectivity index (χ2n) is 3.55. The van der Waals surface area contributed by atoms with Gasteiger partial charge in [0.1, 0.15) is 0 Å². The molecule has 7 heteroatoms. The summed E-state index contributed by atoms with van der Waals surface area (Å²) in [5.74, 6) is 0.218. The summed E-state index contributed by atoms with van der Waals surface area (Å²) in [5.41, 5.74) is 0. The van der Waals surface area contributed by atoms with Crippen LogP contribution in [0.25, 0.3) is 0 Å². The van der Waals surface area contributed by atoms with Crippen molar-refractivity contribution >= 4 is 16.0 Å². The summed E-state index contributed by atoms with van der Waals surface area (Å²) in [6, 6.07) is 1.63. The Labute approximate surface area is 102 Å². The second kappa shape index (κ2) is 7.18. The van der Waals surface area contributed by atoms with Gasteiger partial charge in [0.2, 0.25) is 16.0 Å². The highest BCUT2D eigenvalue weighted by atomic mass is 32.2. The number of nitrogens with zero attached hydrogens (tertiary/aromatic N) is 2. The van der Waals surface area contributed by atoms with Crippen molar-refractivity contribution in [1.29, 1.82) is 0 Å². The first-order valence-electron chi connectivity index (χ1n) is 5.62. The Kier molecular flexibility index (Phi) is 5.85. The molecule has 0 amide bonds. The van der Waals surface area contributed by atoms with E-state index in [2.05, 4.69) is 20.0 Å². The summed E-state index contributed by atoms with van der Waals surface area (Å²) < 4.78 is 25.6. The van der Waals surface area contributed by atoms with Gasteiger partial charge in [-0.25, -0.2) is 18.4 Å². The van der Waals surface area contributed by atoms with Crippen LogP contribution in [0.3, 0.4) is 0 Å². The minimum Gasteiger partial charge on any atom is -0.317 e. The lowest BCUT2D eigenvalue weighted by atomic mass is 10.3. The highest BCUT2D eigenvalue weighted by Crippen LogP contribution is 2.02. The van der Waals surface area contributed by atoms with Gasteiger partial charge in [0.15, 0.2) is 0 Å². The molecule has 0 radical (unpaired) electrons. The zero-order valence-corrected chi connectivity index (χ0v) is 10.7. The third-order valence-corrected chi connectivity index (χ3v) is 3.40. The van der Waals surface area contributed by atoms with E-state index in [0.29, 0.717) is 6.42 Å². The van der Waals surface area contributed by atoms with Gasteiger partial charge >= 0.3 is 0 Å². The molecule has 17 heavy (non-hydrogen) atoms. The maximum absolute atomic E-state index is 11.6. The predicted molar refractivity (Wildman–Crippen MR) is 67.2 cm³/mol. The molecule has 0 aliphatic heterocycles. The van der Waals surface area contributed by atoms with Crippen LogP contribution >= 0.6 is 0 Å². The first kappa shape index (κ1) is 13.9. The van der Waals surface area contributed by atoms with Gasteiger partial charge in [-0.15, -0.1) is 0 Å². The van der Waals surface area contributed by atoms with Crippen molar-refractivity contribution in [3.8, 4) is 0 Å². The van der Waals surface area contributed by atoms with Crippen LogP contribution in [0, 0.1) is 0 Å². The van der Waals surface area contributed by atoms with Crippen molar-refractivity contribution in [2.45, 2.75) is 19.8 Å². The molecule has 1 aromatic heterocycles. The van der Waals surface area contributed by atoms with Crippen LogP contribution in [0.15, 0.2) is 18.5 Å². The molecule has 2 N–H and O–H groups in total. The monoisotopic (exact) mass is 258 g/mol. The van der Waals surface area contributed by atoms with Crippen LogP contribution < -0.4 is 10.0 Å². The third kappa shape index (κ3) is 6.18. The van der Waals surface area contributed by atoms with Gasteiger partial charge in [-0.1, -0.05) is 6.92 Å². The Balaban J connectivity index is 2.32. The summed E-state index contributed by atoms with van der Waals surface area (Å²) in [6.45, 7) is 3.77. The molecule has 1 aromatic rings. The molecule has 0 bridgehead atoms. The Morgan fingerprint density at radius 2 is 1.94 bits per heavy atom. The molecule has 0 saturated carbocycles. The van der Waals surface area contributed by atoms with E-state index >= 15 is 0 Å². The van der Waals surface area contributed by atoms with E-state index in [1.165, 1.54) is 12.4 Å². The van der Waals surface area contributed by atoms with Crippen LogP contribution in [0.1, 0.15) is 19.8 Å². The number of aromatic nitrogens is 2. The number of anilines is 1. The third-order valence-electron chi connectivity index (χ3n) is 2.08. The molecule has 0 aromatic carbocycles. The molecule has 0 fully saturated rings. The van der Waals surface area contributed by atoms with Gasteiger partial charge in [-0.2, -0.15) is 0 Å². The number of rotatable bonds is 8. The van der Waals surface area contributed by atoms with Gasteiger partial charge in [-0.3, -0.25) is 4.72 Å². The molecule has 96 valence electrons. The average molecular weight is 258 g/mol. The standard InChI is InChI=1S/C10H18N4O2S/c1-2-11-6-3-4-9-17(15,16)14-10-12-7-5-8-13-10/h5,7-8,11H,2-4,6,9H2,1H3,(H,12,13,14). The van der Waals surface area contributed by atoms with Crippen molar-refractivity contribution in [1.82, 2.24) is 15.3 Å². The predicted octanol–water partition coefficient (Wildman–Crippen LogP) is 0.608. The molecule has 0 unspecified atom stereocenters. The zero-order valence-electron chi connectivity index (χ0n) is 9.89. The SMILES string of the molecule is CCNCCCCS(=O)(=O)Nc1ncccn1. The molecular weight excluding hydrogens is 240 g/mol. The zero-order chi connectivity index (χ0) is 12.6. The number of nitrogens with one attached hydrogen (secondary N) is 2. The van der Waals surface area contributed by atoms with E-state index in [0.717, 1.165) is 19.5 Å². The number of unbranched alkanes of at least 4 members (excludes halogenated alkanes) is 1. The van der Waals surface area contributed by atoms with Crippen LogP contribution in [0.2, 0.25) is 0 Å². The summed E-state index contributed by atoms with van der Waals surface area (Å²) >= 11 is 0. The lowest BCUT2D eigenvalue weighted by Gasteiger charge is -2.06. The van der Waals surface area contributed by atoms with Crippen LogP contribution in [0.4, 0.5) is 5.95 Å². The van der Waals surface area contributed by atoms with Gasteiger partial charge in [0, 0.05) is 12.4 Å². The highest BCUT2D eigenvalue weighted by molar-refractivity contribution is 7.92. The van der Waals surface area contributed by atoms with Crippen molar-refractivity contribution in [2.75, 3.05) is 23.6 Å². The first-order valence-corrected chi connectivity index (χ1v) is 7.27. The fourth-order valence-corrected chi connectivity index (χ4v) is 2.33. The van der Waals surface area contributed by atoms with Crippen molar-refractivity contribution < 1.29 is 8.42 Å². The highest BCUT2D eigenvalue weighted by Gasteiger charge is 2.10. The maximum Gasteiger partial charge on any atom is 0.236 e. The minimum atomic E-state index is -3.32. The van der Waals surface area contributed by atoms with E-state index in [4.69, 9.17) is 0 Å². The summed E-state index contributed by atoms with van der Waals surface area (Å²) in [7, 11) is -3.32. The summed E-state index contributed by atoms with van der Waals surface area (Å²) in [4.78, 5) is 7.62. The molecule has 0 aliphatic carbocycles. The molecule has 0 spiro atoms. The fourth-order valence-electron chi connectivity index (χ4n) is 1.26. The number of sulfonamides is 1. The van der Waals surface area contributed by atoms with Gasteiger partial charge in [0.05, 0.1) is 5.75 Å². The lowest BCUT2D eigenvalue weighted by Crippen LogP contribution is -2.20. The molecule has 1 rings (SSSR count). The van der Waals surface area contributed by atoms with E-state index in [1.54, 1.807) is 6.07 Å². The minimum absolute atomic E-state index is 0.0939. The van der Waals surface area contributed by atoms with E-state index in [9.17, 15) is 8.42 Å². The molecule has 1 heterocycles. The molecule has 0 saturated heterocycles. The van der Waals surface area contributed by atoms with Gasteiger partial charge in [-0.05, 0) is 32.0 Å². The number of hydrogen-bond donors (Lipinski definition) is 2. The molecule has 0 atom stereocenters. The van der Waals surface area contributed by atoms with Crippen LogP contribution in [-0.2, 0) is 10.0 Å². The van der Waals surface area contributed by atoms with E-state index in [1.807, 2.05) is 6.92 Å². The average Bonchev–Trinajstić information content (AvgIpc) is 2.29. The largest absolute Gasteiger partial charge is 0.317 e. The van der Waals surface area contributed by atoms with E-state index in [-0.39, 0.29) is 11.7 Å². The lowest BCUT2D eigenvalue weighted by molar-refractivity contribution is 0.592. The Morgan fingerprint density at radius 1 is 1.24 bits per heavy atom. The Bertz CT molecular complexity index is 408. The second-order valence-corrected chi connectivity index (χ2v) is 5.40. The normalized spacial score (nSPS) is 11.4. The molecular formula is C10H18N4O2S. The van der Waals surface area contributed by atoms with Gasteiger partial charge in [0.25, 0.3) is 0 Å². The Morgan fingerprint density at radius 3 is 2.59 bits per heavy atom. The van der Waals surface area contributed by atoms with Gasteiger partial charge < -0.3 is 5.32 Å². The van der Waals surface area contributed by atoms with Crippen molar-refractivity contribution in [2.24, 2.45) is 0 Å². The quantitative estimate of drug-likeness (QED) is 0.667. The van der Waals surface area contributed by atoms with Crippen LogP contribution in [-0.4, -0.2) is 37.2 Å². The summed E-state index contributed by atoms with van der Waals surface area (Å²) in [6.07, 6.45) is 4.45. The molecule has 6 nitrogen and oxygen atoms in total. The van der Waals surface area contributed by atoms with Crippen LogP contribution in [0.5, 0.6) is 0 Å². The van der Waals surface area contributed by atoms with Crippen molar-refractivity contribution in [3.63, 3.8) is 0 Å². The fraction of sp³-hybridized carbons (Fsp3) is 0.600. The first-order chi connectivity index (χ1) is 8.14. The van der Waals surface area contributed by atoms with Crippen molar-refractivity contribution in [3.05, 3.63) is 18.5 Å². The smallest absolute Gasteiger partial charge is 0.236 e. The number of hydrogen-bond acceptors (Lipinski definition) is 5. The van der Waals surface area contributed by atoms with E-state index < -0.39 is 10.0 Å².